The van der Waals surface area contributed by atoms with E-state index in [0.29, 0.717) is 41.4 Å². The molecule has 1 fully saturated rings. The van der Waals surface area contributed by atoms with Gasteiger partial charge in [0, 0.05) is 18.7 Å². The number of aromatic nitrogens is 4. The molecule has 0 saturated carbocycles. The minimum absolute atomic E-state index is 0.0805. The Kier molecular flexibility index (Phi) is 7.15. The number of nitrogen functional groups attached to an aromatic ring is 1. The number of nitrogens with two attached hydrogens (primary N) is 1. The molecule has 9 nitrogen and oxygen atoms in total. The number of nitrogens with zero attached hydrogens (tertiary/aromatic N) is 5. The van der Waals surface area contributed by atoms with Gasteiger partial charge in [-0.3, -0.25) is 9.59 Å². The lowest BCUT2D eigenvalue weighted by Crippen LogP contribution is -2.49. The maximum Gasteiger partial charge on any atom is 0.253 e. The smallest absolute Gasteiger partial charge is 0.253 e. The van der Waals surface area contributed by atoms with Gasteiger partial charge in [-0.2, -0.15) is 10.2 Å². The number of carbonyl (C=O) groups is 2. The second-order valence-electron chi connectivity index (χ2n) is 7.56. The van der Waals surface area contributed by atoms with Gasteiger partial charge >= 0.3 is 0 Å². The number of nitrogens with one attached hydrogen (secondary N) is 1. The van der Waals surface area contributed by atoms with Crippen LogP contribution in [0.3, 0.4) is 0 Å². The van der Waals surface area contributed by atoms with Gasteiger partial charge in [0.25, 0.3) is 5.91 Å². The summed E-state index contributed by atoms with van der Waals surface area (Å²) in [7, 11) is 0. The molecule has 0 bridgehead atoms. The lowest BCUT2D eigenvalue weighted by atomic mass is 9.90. The van der Waals surface area contributed by atoms with Crippen molar-refractivity contribution in [2.45, 2.75) is 45.6 Å². The van der Waals surface area contributed by atoms with Crippen molar-refractivity contribution >= 4 is 29.2 Å². The summed E-state index contributed by atoms with van der Waals surface area (Å²) >= 11 is 6.21. The van der Waals surface area contributed by atoms with Crippen LogP contribution in [0.5, 0.6) is 0 Å². The van der Waals surface area contributed by atoms with Gasteiger partial charge in [-0.25, -0.2) is 9.97 Å². The van der Waals surface area contributed by atoms with Gasteiger partial charge < -0.3 is 16.0 Å². The Morgan fingerprint density at radius 1 is 1.30 bits per heavy atom. The van der Waals surface area contributed by atoms with Crippen LogP contribution >= 0.6 is 11.6 Å². The zero-order valence-corrected chi connectivity index (χ0v) is 17.9. The lowest BCUT2D eigenvalue weighted by molar-refractivity contribution is -0.134. The van der Waals surface area contributed by atoms with Crippen LogP contribution < -0.4 is 11.1 Å². The van der Waals surface area contributed by atoms with Crippen molar-refractivity contribution in [3.63, 3.8) is 0 Å². The Morgan fingerprint density at radius 3 is 2.67 bits per heavy atom. The maximum absolute atomic E-state index is 12.7. The summed E-state index contributed by atoms with van der Waals surface area (Å²) in [5.41, 5.74) is 7.15. The molecule has 1 aliphatic heterocycles. The first-order chi connectivity index (χ1) is 14.3. The standard InChI is InChI=1S/C20H26ClN7O2/c1-12(25-19(29)15-5-8-23-24-11-15)20(30)28-9-6-14(7-10-28)3-4-16-17(21)26-13(2)27-18(16)22/h5,8,11-12,14H,3-4,6-7,9-10H2,1-2H3,(H,25,29)(H2,22,26,27)/t12-/m0/s1. The molecule has 2 aromatic rings. The van der Waals surface area contributed by atoms with E-state index in [9.17, 15) is 9.59 Å². The van der Waals surface area contributed by atoms with Crippen molar-refractivity contribution in [3.8, 4) is 0 Å². The number of piperidine rings is 1. The molecule has 1 atom stereocenters. The van der Waals surface area contributed by atoms with E-state index >= 15 is 0 Å². The highest BCUT2D eigenvalue weighted by Crippen LogP contribution is 2.26. The minimum atomic E-state index is -0.606. The van der Waals surface area contributed by atoms with Crippen LogP contribution in [-0.2, 0) is 11.2 Å². The van der Waals surface area contributed by atoms with Gasteiger partial charge in [0.15, 0.2) is 0 Å². The number of hydrogen-bond acceptors (Lipinski definition) is 7. The van der Waals surface area contributed by atoms with Gasteiger partial charge in [0.05, 0.1) is 18.0 Å². The topological polar surface area (TPSA) is 127 Å². The normalized spacial score (nSPS) is 15.6. The fourth-order valence-electron chi connectivity index (χ4n) is 3.64. The largest absolute Gasteiger partial charge is 0.383 e. The molecule has 1 saturated heterocycles. The van der Waals surface area contributed by atoms with Crippen molar-refractivity contribution in [2.75, 3.05) is 18.8 Å². The fourth-order valence-corrected chi connectivity index (χ4v) is 3.96. The van der Waals surface area contributed by atoms with Crippen LogP contribution in [0.25, 0.3) is 0 Å². The maximum atomic E-state index is 12.7. The first-order valence-corrected chi connectivity index (χ1v) is 10.4. The van der Waals surface area contributed by atoms with Crippen molar-refractivity contribution < 1.29 is 9.59 Å². The number of anilines is 1. The molecule has 2 amide bonds. The molecule has 0 spiro atoms. The van der Waals surface area contributed by atoms with E-state index in [2.05, 4.69) is 25.5 Å². The SMILES string of the molecule is Cc1nc(N)c(CCC2CCN(C(=O)[C@H](C)NC(=O)c3ccnnc3)CC2)c(Cl)n1. The molecule has 3 N–H and O–H groups in total. The van der Waals surface area contributed by atoms with Crippen LogP contribution in [0, 0.1) is 12.8 Å². The minimum Gasteiger partial charge on any atom is -0.383 e. The van der Waals surface area contributed by atoms with Crippen LogP contribution in [0.2, 0.25) is 5.15 Å². The molecule has 0 aromatic carbocycles. The number of hydrogen-bond donors (Lipinski definition) is 2. The van der Waals surface area contributed by atoms with Crippen LogP contribution in [0.4, 0.5) is 5.82 Å². The van der Waals surface area contributed by atoms with Crippen LogP contribution in [-0.4, -0.2) is 56.0 Å². The monoisotopic (exact) mass is 431 g/mol. The molecule has 10 heteroatoms. The number of amides is 2. The van der Waals surface area contributed by atoms with E-state index < -0.39 is 6.04 Å². The molecule has 0 unspecified atom stereocenters. The summed E-state index contributed by atoms with van der Waals surface area (Å²) in [5.74, 6) is 1.06. The molecule has 30 heavy (non-hydrogen) atoms. The van der Waals surface area contributed by atoms with Crippen LogP contribution in [0.15, 0.2) is 18.5 Å². The van der Waals surface area contributed by atoms with Gasteiger partial charge in [-0.1, -0.05) is 11.6 Å². The van der Waals surface area contributed by atoms with Gasteiger partial charge in [0.2, 0.25) is 5.91 Å². The molecular weight excluding hydrogens is 406 g/mol. The van der Waals surface area contributed by atoms with Crippen molar-refractivity contribution in [3.05, 3.63) is 40.6 Å². The second kappa shape index (κ2) is 9.80. The third kappa shape index (κ3) is 5.41. The molecule has 3 rings (SSSR count). The van der Waals surface area contributed by atoms with E-state index in [1.54, 1.807) is 19.9 Å². The third-order valence-electron chi connectivity index (χ3n) is 5.39. The quantitative estimate of drug-likeness (QED) is 0.667. The Morgan fingerprint density at radius 2 is 2.03 bits per heavy atom. The Bertz CT molecular complexity index is 878. The number of rotatable bonds is 6. The number of halogens is 1. The molecule has 1 aliphatic rings. The number of aryl methyl sites for hydroxylation is 1. The van der Waals surface area contributed by atoms with Crippen molar-refractivity contribution in [2.24, 2.45) is 5.92 Å². The molecular formula is C20H26ClN7O2. The summed E-state index contributed by atoms with van der Waals surface area (Å²) in [6, 6.07) is 0.953. The van der Waals surface area contributed by atoms with Crippen molar-refractivity contribution in [1.29, 1.82) is 0 Å². The van der Waals surface area contributed by atoms with E-state index in [4.69, 9.17) is 17.3 Å². The molecule has 0 radical (unpaired) electrons. The van der Waals surface area contributed by atoms with Crippen LogP contribution in [0.1, 0.15) is 47.9 Å². The molecule has 2 aromatic heterocycles. The molecule has 0 aliphatic carbocycles. The second-order valence-corrected chi connectivity index (χ2v) is 7.92. The Labute approximate surface area is 180 Å². The molecule has 3 heterocycles. The Balaban J connectivity index is 1.47. The first kappa shape index (κ1) is 21.9. The molecule has 160 valence electrons. The van der Waals surface area contributed by atoms with E-state index in [1.807, 2.05) is 4.90 Å². The van der Waals surface area contributed by atoms with Crippen molar-refractivity contribution in [1.82, 2.24) is 30.4 Å². The first-order valence-electron chi connectivity index (χ1n) is 10.00. The summed E-state index contributed by atoms with van der Waals surface area (Å²) in [4.78, 5) is 35.1. The zero-order valence-electron chi connectivity index (χ0n) is 17.1. The predicted molar refractivity (Wildman–Crippen MR) is 113 cm³/mol. The summed E-state index contributed by atoms with van der Waals surface area (Å²) in [5, 5.41) is 10.5. The summed E-state index contributed by atoms with van der Waals surface area (Å²) in [6.45, 7) is 4.78. The summed E-state index contributed by atoms with van der Waals surface area (Å²) in [6.07, 6.45) is 6.23. The number of carbonyl (C=O) groups excluding carboxylic acids is 2. The van der Waals surface area contributed by atoms with Gasteiger partial charge in [0.1, 0.15) is 22.8 Å². The predicted octanol–water partition coefficient (Wildman–Crippen LogP) is 1.80. The van der Waals surface area contributed by atoms with E-state index in [1.165, 1.54) is 12.4 Å². The van der Waals surface area contributed by atoms with Gasteiger partial charge in [-0.05, 0) is 51.5 Å². The fraction of sp³-hybridized carbons (Fsp3) is 0.500. The van der Waals surface area contributed by atoms with Gasteiger partial charge in [-0.15, -0.1) is 0 Å². The highest BCUT2D eigenvalue weighted by atomic mass is 35.5. The number of likely N-dealkylation sites (tertiary alicyclic amines) is 1. The van der Waals surface area contributed by atoms with E-state index in [0.717, 1.165) is 31.2 Å². The van der Waals surface area contributed by atoms with E-state index in [-0.39, 0.29) is 11.8 Å². The lowest BCUT2D eigenvalue weighted by Gasteiger charge is -2.33. The Hall–Kier alpha value is -2.81. The summed E-state index contributed by atoms with van der Waals surface area (Å²) < 4.78 is 0. The highest BCUT2D eigenvalue weighted by Gasteiger charge is 2.27. The highest BCUT2D eigenvalue weighted by molar-refractivity contribution is 6.30. The zero-order chi connectivity index (χ0) is 21.7. The average Bonchev–Trinajstić information content (AvgIpc) is 2.73. The third-order valence-corrected chi connectivity index (χ3v) is 5.71. The average molecular weight is 432 g/mol.